The summed E-state index contributed by atoms with van der Waals surface area (Å²) in [5, 5.41) is 3.39. The molecule has 1 fully saturated rings. The highest BCUT2D eigenvalue weighted by Gasteiger charge is 2.18. The van der Waals surface area contributed by atoms with Crippen molar-refractivity contribution in [2.24, 2.45) is 0 Å². The van der Waals surface area contributed by atoms with E-state index < -0.39 is 5.82 Å². The molecule has 1 aliphatic heterocycles. The molecule has 1 N–H and O–H groups in total. The normalized spacial score (nSPS) is 15.6. The molecule has 2 aromatic carbocycles. The summed E-state index contributed by atoms with van der Waals surface area (Å²) in [6, 6.07) is 9.85. The molecule has 2 heterocycles. The molecule has 0 radical (unpaired) electrons. The predicted octanol–water partition coefficient (Wildman–Crippen LogP) is 4.72. The van der Waals surface area contributed by atoms with Crippen LogP contribution >= 0.6 is 22.9 Å². The van der Waals surface area contributed by atoms with E-state index in [9.17, 15) is 9.18 Å². The molecule has 31 heavy (non-hydrogen) atoms. The van der Waals surface area contributed by atoms with Gasteiger partial charge in [0.25, 0.3) is 5.91 Å². The molecule has 1 atom stereocenters. The number of amides is 1. The molecule has 0 bridgehead atoms. The lowest BCUT2D eigenvalue weighted by atomic mass is 9.98. The average Bonchev–Trinajstić information content (AvgIpc) is 3.29. The van der Waals surface area contributed by atoms with E-state index in [2.05, 4.69) is 15.2 Å². The van der Waals surface area contributed by atoms with Crippen LogP contribution in [0.1, 0.15) is 17.3 Å². The molecule has 0 aliphatic carbocycles. The fraction of sp³-hybridized carbons (Fsp3) is 0.304. The van der Waals surface area contributed by atoms with Crippen LogP contribution in [-0.2, 0) is 4.74 Å². The first kappa shape index (κ1) is 21.9. The van der Waals surface area contributed by atoms with Gasteiger partial charge >= 0.3 is 0 Å². The van der Waals surface area contributed by atoms with Gasteiger partial charge in [0.2, 0.25) is 0 Å². The number of hydrogen-bond donors (Lipinski definition) is 1. The second-order valence-corrected chi connectivity index (χ2v) is 8.87. The molecular formula is C23H23ClFN3O2S. The standard InChI is InChI=1S/C23H23ClFN3O2S/c1-15(13-28-4-6-30-7-5-28)27-23(29)18-9-16(20-3-2-19(25)11-21(20)24)8-17(10-18)22-12-26-14-31-22/h2-3,8-12,14-15H,4-7,13H2,1H3,(H,27,29). The topological polar surface area (TPSA) is 54.5 Å². The fourth-order valence-corrected chi connectivity index (χ4v) is 4.55. The summed E-state index contributed by atoms with van der Waals surface area (Å²) >= 11 is 7.79. The zero-order chi connectivity index (χ0) is 21.8. The molecule has 162 valence electrons. The summed E-state index contributed by atoms with van der Waals surface area (Å²) < 4.78 is 18.9. The van der Waals surface area contributed by atoms with Crippen molar-refractivity contribution in [1.82, 2.24) is 15.2 Å². The lowest BCUT2D eigenvalue weighted by Gasteiger charge is -2.29. The number of rotatable bonds is 6. The van der Waals surface area contributed by atoms with Crippen LogP contribution in [0.15, 0.2) is 48.1 Å². The zero-order valence-corrected chi connectivity index (χ0v) is 18.7. The van der Waals surface area contributed by atoms with Crippen LogP contribution in [0.3, 0.4) is 0 Å². The number of hydrogen-bond acceptors (Lipinski definition) is 5. The summed E-state index contributed by atoms with van der Waals surface area (Å²) in [6.07, 6.45) is 1.76. The van der Waals surface area contributed by atoms with Gasteiger partial charge < -0.3 is 10.1 Å². The lowest BCUT2D eigenvalue weighted by molar-refractivity contribution is 0.0342. The molecule has 0 spiro atoms. The summed E-state index contributed by atoms with van der Waals surface area (Å²) in [6.45, 7) is 5.94. The molecular weight excluding hydrogens is 437 g/mol. The molecule has 0 saturated carbocycles. The third-order valence-electron chi connectivity index (χ3n) is 5.17. The van der Waals surface area contributed by atoms with Crippen LogP contribution in [-0.4, -0.2) is 54.7 Å². The second kappa shape index (κ2) is 9.87. The second-order valence-electron chi connectivity index (χ2n) is 7.58. The van der Waals surface area contributed by atoms with Crippen LogP contribution < -0.4 is 5.32 Å². The van der Waals surface area contributed by atoms with Crippen LogP contribution in [0.5, 0.6) is 0 Å². The quantitative estimate of drug-likeness (QED) is 0.579. The van der Waals surface area contributed by atoms with Crippen molar-refractivity contribution < 1.29 is 13.9 Å². The lowest BCUT2D eigenvalue weighted by Crippen LogP contribution is -2.46. The Morgan fingerprint density at radius 3 is 2.74 bits per heavy atom. The highest BCUT2D eigenvalue weighted by Crippen LogP contribution is 2.34. The number of ether oxygens (including phenoxy) is 1. The number of nitrogens with zero attached hydrogens (tertiary/aromatic N) is 2. The SMILES string of the molecule is CC(CN1CCOCC1)NC(=O)c1cc(-c2cncs2)cc(-c2ccc(F)cc2Cl)c1. The van der Waals surface area contributed by atoms with Gasteiger partial charge in [0.1, 0.15) is 5.82 Å². The zero-order valence-electron chi connectivity index (χ0n) is 17.1. The molecule has 1 saturated heterocycles. The van der Waals surface area contributed by atoms with Crippen LogP contribution in [0.4, 0.5) is 4.39 Å². The van der Waals surface area contributed by atoms with Crippen molar-refractivity contribution in [3.63, 3.8) is 0 Å². The summed E-state index contributed by atoms with van der Waals surface area (Å²) in [5.74, 6) is -0.561. The summed E-state index contributed by atoms with van der Waals surface area (Å²) in [7, 11) is 0. The third-order valence-corrected chi connectivity index (χ3v) is 6.30. The van der Waals surface area contributed by atoms with E-state index in [1.807, 2.05) is 19.1 Å². The Kier molecular flexibility index (Phi) is 6.97. The number of halogens is 2. The van der Waals surface area contributed by atoms with Crippen LogP contribution in [0.25, 0.3) is 21.6 Å². The Bertz CT molecular complexity index is 1050. The van der Waals surface area contributed by atoms with Crippen LogP contribution in [0, 0.1) is 5.82 Å². The Morgan fingerprint density at radius 2 is 2.03 bits per heavy atom. The maximum absolute atomic E-state index is 13.5. The van der Waals surface area contributed by atoms with Crippen molar-refractivity contribution in [2.45, 2.75) is 13.0 Å². The highest BCUT2D eigenvalue weighted by atomic mass is 35.5. The molecule has 8 heteroatoms. The molecule has 1 unspecified atom stereocenters. The van der Waals surface area contributed by atoms with E-state index in [1.54, 1.807) is 23.8 Å². The number of benzene rings is 2. The minimum Gasteiger partial charge on any atom is -0.379 e. The summed E-state index contributed by atoms with van der Waals surface area (Å²) in [5.41, 5.74) is 4.56. The van der Waals surface area contributed by atoms with Gasteiger partial charge in [-0.3, -0.25) is 14.7 Å². The number of carbonyl (C=O) groups is 1. The van der Waals surface area contributed by atoms with E-state index >= 15 is 0 Å². The predicted molar refractivity (Wildman–Crippen MR) is 122 cm³/mol. The van der Waals surface area contributed by atoms with Crippen molar-refractivity contribution in [2.75, 3.05) is 32.8 Å². The van der Waals surface area contributed by atoms with Crippen LogP contribution in [0.2, 0.25) is 5.02 Å². The number of morpholine rings is 1. The Hall–Kier alpha value is -2.32. The molecule has 4 rings (SSSR count). The van der Waals surface area contributed by atoms with Gasteiger partial charge in [0.05, 0.1) is 28.6 Å². The van der Waals surface area contributed by atoms with Gasteiger partial charge in [-0.25, -0.2) is 4.39 Å². The van der Waals surface area contributed by atoms with Crippen molar-refractivity contribution in [3.8, 4) is 21.6 Å². The monoisotopic (exact) mass is 459 g/mol. The minimum absolute atomic E-state index is 0.0180. The number of nitrogens with one attached hydrogen (secondary N) is 1. The van der Waals surface area contributed by atoms with Gasteiger partial charge in [-0.1, -0.05) is 11.6 Å². The fourth-order valence-electron chi connectivity index (χ4n) is 3.66. The Balaban J connectivity index is 1.61. The van der Waals surface area contributed by atoms with Gasteiger partial charge in [-0.15, -0.1) is 11.3 Å². The number of carbonyl (C=O) groups excluding carboxylic acids is 1. The van der Waals surface area contributed by atoms with Gasteiger partial charge in [0.15, 0.2) is 0 Å². The maximum atomic E-state index is 13.5. The molecule has 3 aromatic rings. The molecule has 5 nitrogen and oxygen atoms in total. The maximum Gasteiger partial charge on any atom is 0.251 e. The van der Waals surface area contributed by atoms with Crippen molar-refractivity contribution in [3.05, 3.63) is 64.5 Å². The largest absolute Gasteiger partial charge is 0.379 e. The van der Waals surface area contributed by atoms with Gasteiger partial charge in [-0.2, -0.15) is 0 Å². The first-order valence-corrected chi connectivity index (χ1v) is 11.4. The molecule has 1 aliphatic rings. The van der Waals surface area contributed by atoms with Crippen molar-refractivity contribution >= 4 is 28.8 Å². The Morgan fingerprint density at radius 1 is 1.26 bits per heavy atom. The number of thiazole rings is 1. The first-order valence-electron chi connectivity index (χ1n) is 10.1. The molecule has 1 amide bonds. The van der Waals surface area contributed by atoms with E-state index in [0.29, 0.717) is 16.1 Å². The van der Waals surface area contributed by atoms with Gasteiger partial charge in [0, 0.05) is 43.0 Å². The van der Waals surface area contributed by atoms with Crippen molar-refractivity contribution in [1.29, 1.82) is 0 Å². The highest BCUT2D eigenvalue weighted by molar-refractivity contribution is 7.13. The Labute approximate surface area is 189 Å². The van der Waals surface area contributed by atoms with E-state index in [1.165, 1.54) is 23.5 Å². The smallest absolute Gasteiger partial charge is 0.251 e. The van der Waals surface area contributed by atoms with E-state index in [4.69, 9.17) is 16.3 Å². The first-order chi connectivity index (χ1) is 15.0. The molecule has 1 aromatic heterocycles. The average molecular weight is 460 g/mol. The minimum atomic E-state index is -0.401. The van der Waals surface area contributed by atoms with E-state index in [-0.39, 0.29) is 11.9 Å². The van der Waals surface area contributed by atoms with Gasteiger partial charge in [-0.05, 0) is 54.4 Å². The summed E-state index contributed by atoms with van der Waals surface area (Å²) in [4.78, 5) is 20.5. The van der Waals surface area contributed by atoms with E-state index in [0.717, 1.165) is 48.9 Å². The third kappa shape index (κ3) is 5.49. The number of aromatic nitrogens is 1.